The smallest absolute Gasteiger partial charge is 0.328 e. The van der Waals surface area contributed by atoms with Gasteiger partial charge < -0.3 is 5.11 Å². The highest BCUT2D eigenvalue weighted by Crippen LogP contribution is 2.36. The topological polar surface area (TPSA) is 55.1 Å². The summed E-state index contributed by atoms with van der Waals surface area (Å²) >= 11 is 0. The molecule has 1 unspecified atom stereocenters. The second-order valence-electron chi connectivity index (χ2n) is 7.09. The van der Waals surface area contributed by atoms with Crippen LogP contribution in [0.15, 0.2) is 60.7 Å². The highest BCUT2D eigenvalue weighted by Gasteiger charge is 2.27. The van der Waals surface area contributed by atoms with E-state index in [1.165, 1.54) is 17.7 Å². The Kier molecular flexibility index (Phi) is 5.06. The zero-order valence-electron chi connectivity index (χ0n) is 15.4. The predicted molar refractivity (Wildman–Crippen MR) is 106 cm³/mol. The lowest BCUT2D eigenvalue weighted by molar-refractivity contribution is -0.131. The van der Waals surface area contributed by atoms with Crippen LogP contribution in [0.4, 0.5) is 4.39 Å². The van der Waals surface area contributed by atoms with Gasteiger partial charge in [-0.25, -0.2) is 13.9 Å². The van der Waals surface area contributed by atoms with Crippen LogP contribution in [0.25, 0.3) is 11.8 Å². The Morgan fingerprint density at radius 1 is 1.18 bits per heavy atom. The van der Waals surface area contributed by atoms with Crippen LogP contribution in [0, 0.1) is 5.82 Å². The number of hydrogen-bond donors (Lipinski definition) is 1. The molecular formula is C23H21FN2O2. The van der Waals surface area contributed by atoms with Crippen LogP contribution in [0.3, 0.4) is 0 Å². The minimum atomic E-state index is -1.00. The first-order chi connectivity index (χ1) is 13.6. The normalized spacial score (nSPS) is 16.2. The average molecular weight is 376 g/mol. The van der Waals surface area contributed by atoms with Crippen molar-refractivity contribution < 1.29 is 14.3 Å². The van der Waals surface area contributed by atoms with Crippen LogP contribution >= 0.6 is 0 Å². The number of aliphatic carboxylic acids is 1. The third-order valence-corrected chi connectivity index (χ3v) is 5.20. The molecule has 0 saturated heterocycles. The first-order valence-electron chi connectivity index (χ1n) is 9.44. The Morgan fingerprint density at radius 2 is 1.93 bits per heavy atom. The number of hydrogen-bond acceptors (Lipinski definition) is 2. The molecule has 0 aliphatic heterocycles. The zero-order valence-corrected chi connectivity index (χ0v) is 15.4. The summed E-state index contributed by atoms with van der Waals surface area (Å²) in [6, 6.07) is 16.4. The molecule has 4 rings (SSSR count). The van der Waals surface area contributed by atoms with Crippen molar-refractivity contribution in [3.8, 4) is 5.69 Å². The Balaban J connectivity index is 1.78. The minimum Gasteiger partial charge on any atom is -0.478 e. The van der Waals surface area contributed by atoms with E-state index in [2.05, 4.69) is 12.1 Å². The molecule has 0 fully saturated rings. The molecule has 0 saturated carbocycles. The molecule has 3 aromatic rings. The van der Waals surface area contributed by atoms with E-state index in [4.69, 9.17) is 10.2 Å². The van der Waals surface area contributed by atoms with Gasteiger partial charge in [0.2, 0.25) is 0 Å². The second-order valence-corrected chi connectivity index (χ2v) is 7.09. The molecule has 0 radical (unpaired) electrons. The summed E-state index contributed by atoms with van der Waals surface area (Å²) in [5.41, 5.74) is 4.86. The van der Waals surface area contributed by atoms with Gasteiger partial charge in [-0.2, -0.15) is 5.10 Å². The van der Waals surface area contributed by atoms with Gasteiger partial charge >= 0.3 is 5.97 Å². The monoisotopic (exact) mass is 376 g/mol. The van der Waals surface area contributed by atoms with Crippen LogP contribution in [-0.2, 0) is 17.6 Å². The third kappa shape index (κ3) is 3.74. The highest BCUT2D eigenvalue weighted by atomic mass is 19.1. The maximum absolute atomic E-state index is 13.4. The van der Waals surface area contributed by atoms with Gasteiger partial charge in [0.25, 0.3) is 0 Å². The number of rotatable bonds is 5. The summed E-state index contributed by atoms with van der Waals surface area (Å²) in [6.07, 6.45) is 6.58. The van der Waals surface area contributed by atoms with Crippen molar-refractivity contribution in [2.75, 3.05) is 0 Å². The fraction of sp³-hybridized carbons (Fsp3) is 0.217. The quantitative estimate of drug-likeness (QED) is 0.653. The maximum Gasteiger partial charge on any atom is 0.328 e. The zero-order chi connectivity index (χ0) is 19.5. The van der Waals surface area contributed by atoms with E-state index in [1.54, 1.807) is 22.9 Å². The molecule has 0 bridgehead atoms. The lowest BCUT2D eigenvalue weighted by atomic mass is 9.83. The summed E-state index contributed by atoms with van der Waals surface area (Å²) in [7, 11) is 0. The Morgan fingerprint density at radius 3 is 2.64 bits per heavy atom. The van der Waals surface area contributed by atoms with Crippen molar-refractivity contribution in [3.63, 3.8) is 0 Å². The second kappa shape index (κ2) is 7.80. The number of fused-ring (bicyclic) bond motifs is 1. The molecule has 1 aliphatic carbocycles. The third-order valence-electron chi connectivity index (χ3n) is 5.20. The first kappa shape index (κ1) is 18.2. The van der Waals surface area contributed by atoms with E-state index in [-0.39, 0.29) is 11.7 Å². The predicted octanol–water partition coefficient (Wildman–Crippen LogP) is 4.77. The number of carboxylic acids is 1. The van der Waals surface area contributed by atoms with Crippen molar-refractivity contribution >= 4 is 12.0 Å². The van der Waals surface area contributed by atoms with Crippen LogP contribution in [0.2, 0.25) is 0 Å². The fourth-order valence-corrected chi connectivity index (χ4v) is 3.93. The molecule has 0 amide bonds. The number of carboxylic acid groups (broad SMARTS) is 1. The number of carbonyl (C=O) groups is 1. The van der Waals surface area contributed by atoms with Crippen LogP contribution in [0.5, 0.6) is 0 Å². The van der Waals surface area contributed by atoms with E-state index in [1.807, 2.05) is 18.2 Å². The van der Waals surface area contributed by atoms with Crippen LogP contribution in [0.1, 0.15) is 41.3 Å². The summed E-state index contributed by atoms with van der Waals surface area (Å²) < 4.78 is 15.1. The molecule has 2 aromatic carbocycles. The van der Waals surface area contributed by atoms with Gasteiger partial charge in [-0.15, -0.1) is 0 Å². The van der Waals surface area contributed by atoms with Gasteiger partial charge in [0.05, 0.1) is 17.1 Å². The van der Waals surface area contributed by atoms with Gasteiger partial charge in [0.1, 0.15) is 5.82 Å². The Bertz CT molecular complexity index is 1010. The lowest BCUT2D eigenvalue weighted by Crippen LogP contribution is -2.12. The molecule has 5 heteroatoms. The molecule has 1 heterocycles. The fourth-order valence-electron chi connectivity index (χ4n) is 3.93. The van der Waals surface area contributed by atoms with Crippen molar-refractivity contribution in [2.24, 2.45) is 0 Å². The summed E-state index contributed by atoms with van der Waals surface area (Å²) in [5, 5.41) is 14.0. The largest absolute Gasteiger partial charge is 0.478 e. The first-order valence-corrected chi connectivity index (χ1v) is 9.44. The van der Waals surface area contributed by atoms with Crippen LogP contribution < -0.4 is 0 Å². The molecule has 4 nitrogen and oxygen atoms in total. The molecule has 1 aliphatic rings. The molecular weight excluding hydrogens is 355 g/mol. The van der Waals surface area contributed by atoms with Gasteiger partial charge in [-0.05, 0) is 61.6 Å². The number of benzene rings is 2. The van der Waals surface area contributed by atoms with E-state index >= 15 is 0 Å². The lowest BCUT2D eigenvalue weighted by Gasteiger charge is -2.21. The summed E-state index contributed by atoms with van der Waals surface area (Å²) in [4.78, 5) is 11.1. The number of aromatic nitrogens is 2. The standard InChI is InChI=1S/C23H21FN2O2/c24-18-9-11-19(12-10-18)26-21(13-14-22(27)28)20-8-4-7-17(23(20)25-26)15-16-5-2-1-3-6-16/h1-3,5-6,9-14,17H,4,7-8,15H2,(H,27,28)/b14-13+. The molecule has 1 atom stereocenters. The molecule has 142 valence electrons. The van der Waals surface area contributed by atoms with Crippen molar-refractivity contribution in [2.45, 2.75) is 31.6 Å². The van der Waals surface area contributed by atoms with Crippen molar-refractivity contribution in [1.29, 1.82) is 0 Å². The molecule has 1 N–H and O–H groups in total. The van der Waals surface area contributed by atoms with E-state index < -0.39 is 5.97 Å². The highest BCUT2D eigenvalue weighted by molar-refractivity contribution is 5.85. The minimum absolute atomic E-state index is 0.282. The number of nitrogens with zero attached hydrogens (tertiary/aromatic N) is 2. The molecule has 1 aromatic heterocycles. The van der Waals surface area contributed by atoms with Gasteiger partial charge in [0.15, 0.2) is 0 Å². The Labute approximate surface area is 162 Å². The number of halogens is 1. The molecule has 0 spiro atoms. The van der Waals surface area contributed by atoms with E-state index in [9.17, 15) is 9.18 Å². The average Bonchev–Trinajstić information content (AvgIpc) is 3.07. The summed E-state index contributed by atoms with van der Waals surface area (Å²) in [5.74, 6) is -1.03. The maximum atomic E-state index is 13.4. The van der Waals surface area contributed by atoms with Gasteiger partial charge in [-0.3, -0.25) is 0 Å². The SMILES string of the molecule is O=C(O)/C=C/c1c2c(nn1-c1ccc(F)cc1)C(Cc1ccccc1)CCC2. The van der Waals surface area contributed by atoms with Gasteiger partial charge in [-0.1, -0.05) is 30.3 Å². The van der Waals surface area contributed by atoms with Crippen LogP contribution in [-0.4, -0.2) is 20.9 Å². The van der Waals surface area contributed by atoms with Crippen molar-refractivity contribution in [1.82, 2.24) is 9.78 Å². The van der Waals surface area contributed by atoms with E-state index in [0.29, 0.717) is 0 Å². The summed E-state index contributed by atoms with van der Waals surface area (Å²) in [6.45, 7) is 0. The van der Waals surface area contributed by atoms with Gasteiger partial charge in [0, 0.05) is 17.6 Å². The Hall–Kier alpha value is -3.21. The van der Waals surface area contributed by atoms with Crippen molar-refractivity contribution in [3.05, 3.63) is 89.0 Å². The van der Waals surface area contributed by atoms with E-state index in [0.717, 1.165) is 54.4 Å². The molecule has 28 heavy (non-hydrogen) atoms.